The maximum Gasteiger partial charge on any atom is 0.393 e. The van der Waals surface area contributed by atoms with E-state index in [1.165, 1.54) is 73.8 Å². The normalized spacial score (nSPS) is 30.3. The predicted octanol–water partition coefficient (Wildman–Crippen LogP) is 5.46. The van der Waals surface area contributed by atoms with E-state index in [0.29, 0.717) is 64.5 Å². The lowest BCUT2D eigenvalue weighted by molar-refractivity contribution is -0.182. The third-order valence-electron chi connectivity index (χ3n) is 22.9. The highest BCUT2D eigenvalue weighted by Crippen LogP contribution is 2.44. The van der Waals surface area contributed by atoms with E-state index in [4.69, 9.17) is 11.6 Å². The van der Waals surface area contributed by atoms with E-state index in [-0.39, 0.29) is 88.5 Å². The van der Waals surface area contributed by atoms with Crippen molar-refractivity contribution >= 4 is 82.5 Å². The molecular formula is C70H112ClF3N12O12. The molecule has 3 heterocycles. The van der Waals surface area contributed by atoms with Crippen LogP contribution < -0.4 is 16.0 Å². The Bertz CT molecular complexity index is 2850. The number of rotatable bonds is 10. The number of halogens is 4. The topological polar surface area (TPSA) is 270 Å². The van der Waals surface area contributed by atoms with E-state index in [1.54, 1.807) is 18.7 Å². The Balaban J connectivity index is 1.26. The zero-order valence-corrected chi connectivity index (χ0v) is 60.5. The lowest BCUT2D eigenvalue weighted by Gasteiger charge is -2.43. The van der Waals surface area contributed by atoms with Crippen molar-refractivity contribution in [2.45, 2.75) is 254 Å². The fourth-order valence-electron chi connectivity index (χ4n) is 16.4. The van der Waals surface area contributed by atoms with Gasteiger partial charge in [-0.15, -0.1) is 11.6 Å². The molecule has 1 spiro atoms. The largest absolute Gasteiger partial charge is 0.393 e. The predicted molar refractivity (Wildman–Crippen MR) is 361 cm³/mol. The Morgan fingerprint density at radius 2 is 1.18 bits per heavy atom. The second-order valence-corrected chi connectivity index (χ2v) is 30.2. The van der Waals surface area contributed by atoms with E-state index >= 15 is 19.2 Å². The number of fused-ring (bicyclic) bond motifs is 1. The molecule has 4 aliphatic carbocycles. The lowest BCUT2D eigenvalue weighted by atomic mass is 9.78. The summed E-state index contributed by atoms with van der Waals surface area (Å²) in [4.78, 5) is 190. The molecule has 3 saturated heterocycles. The quantitative estimate of drug-likeness (QED) is 0.230. The summed E-state index contributed by atoms with van der Waals surface area (Å²) in [5.41, 5.74) is -1.54. The van der Waals surface area contributed by atoms with Crippen molar-refractivity contribution < 1.29 is 70.7 Å². The summed E-state index contributed by atoms with van der Waals surface area (Å²) in [6.07, 6.45) is 7.08. The molecule has 0 aromatic rings. The molecule has 0 bridgehead atoms. The molecule has 0 aromatic heterocycles. The molecule has 3 N–H and O–H groups in total. The van der Waals surface area contributed by atoms with Gasteiger partial charge in [-0.25, -0.2) is 0 Å². The van der Waals surface area contributed by atoms with Crippen LogP contribution in [-0.4, -0.2) is 263 Å². The van der Waals surface area contributed by atoms with Crippen molar-refractivity contribution in [2.75, 3.05) is 88.6 Å². The molecule has 24 nitrogen and oxygen atoms in total. The summed E-state index contributed by atoms with van der Waals surface area (Å²) >= 11 is 6.40. The Kier molecular flexibility index (Phi) is 28.5. The highest BCUT2D eigenvalue weighted by Gasteiger charge is 2.52. The first kappa shape index (κ1) is 79.1. The van der Waals surface area contributed by atoms with Gasteiger partial charge in [-0.1, -0.05) is 91.4 Å². The zero-order valence-electron chi connectivity index (χ0n) is 59.8. The smallest absolute Gasteiger partial charge is 0.343 e. The van der Waals surface area contributed by atoms with Crippen molar-refractivity contribution in [3.63, 3.8) is 0 Å². The Morgan fingerprint density at radius 1 is 0.582 bits per heavy atom. The van der Waals surface area contributed by atoms with Gasteiger partial charge in [-0.05, 0) is 120 Å². The van der Waals surface area contributed by atoms with E-state index < -0.39 is 168 Å². The van der Waals surface area contributed by atoms with Crippen molar-refractivity contribution in [1.82, 2.24) is 60.0 Å². The maximum atomic E-state index is 15.7. The number of hydrogen-bond acceptors (Lipinski definition) is 12. The molecule has 98 heavy (non-hydrogen) atoms. The molecule has 7 fully saturated rings. The van der Waals surface area contributed by atoms with Crippen LogP contribution in [0.2, 0.25) is 0 Å². The van der Waals surface area contributed by atoms with Crippen LogP contribution in [0.15, 0.2) is 0 Å². The van der Waals surface area contributed by atoms with Gasteiger partial charge in [0.2, 0.25) is 70.9 Å². The summed E-state index contributed by atoms with van der Waals surface area (Å²) in [5.74, 6) is -10.3. The van der Waals surface area contributed by atoms with Gasteiger partial charge < -0.3 is 60.0 Å². The van der Waals surface area contributed by atoms with E-state index in [2.05, 4.69) is 16.0 Å². The monoisotopic (exact) mass is 1400 g/mol. The summed E-state index contributed by atoms with van der Waals surface area (Å²) in [6.45, 7) is 4.52. The molecule has 12 amide bonds. The number of nitrogens with one attached hydrogen (secondary N) is 3. The van der Waals surface area contributed by atoms with E-state index in [0.717, 1.165) is 66.1 Å². The minimum absolute atomic E-state index is 0.00359. The molecule has 11 atom stereocenters. The van der Waals surface area contributed by atoms with Gasteiger partial charge >= 0.3 is 6.18 Å². The number of carbonyl (C=O) groups excluding carboxylic acids is 12. The summed E-state index contributed by atoms with van der Waals surface area (Å²) in [6, 6.07) is -8.46. The standard InChI is InChI=1S/C70H112ClF3N12O12/c1-11-44(3)59-66(96)80(6)42-57(89)78(4)43-58(90)82(8)53(39-45-24-15-13-16-25-45)64(94)79(5)41-55(87)75-50(32-30-46-29-31-48(49(71)38-46)70(72,73)74)63(93)86-37-23-28-52(86)62(92)77-69(33-19-20-34-69)68(98)84(10)60(47-26-17-14-18-27-47)67(97)83(9)54(65(95)85-35-21-22-36-85)40-56(88)81(7)51(12-2)61(91)76-59/h44-54,59-60H,11-43H2,1-10H3,(H,75,87)(H,76,91)(H,77,92)/t44-,46?,48?,49?,50-,51-,52-,53-,54-,59-,60-/m0/s1. The van der Waals surface area contributed by atoms with Crippen LogP contribution in [0.1, 0.15) is 194 Å². The van der Waals surface area contributed by atoms with Crippen LogP contribution in [0, 0.1) is 29.6 Å². The zero-order chi connectivity index (χ0) is 72.1. The molecular weight excluding hydrogens is 1290 g/mol. The summed E-state index contributed by atoms with van der Waals surface area (Å²) in [5, 5.41) is 7.57. The van der Waals surface area contributed by atoms with E-state index in [9.17, 15) is 51.5 Å². The van der Waals surface area contributed by atoms with Gasteiger partial charge in [0.25, 0.3) is 0 Å². The number of carbonyl (C=O) groups is 12. The van der Waals surface area contributed by atoms with Gasteiger partial charge in [0.05, 0.1) is 32.0 Å². The second-order valence-electron chi connectivity index (χ2n) is 29.7. The van der Waals surface area contributed by atoms with Gasteiger partial charge in [0.15, 0.2) is 0 Å². The minimum Gasteiger partial charge on any atom is -0.343 e. The SMILES string of the molecule is CC[C@H](C)[C@@H]1NC(=O)[C@H](CC)N(C)C(=O)C[C@@H](C(=O)N2CCCC2)N(C)C(=O)[C@H](C2CCCCC2)N(C)C(=O)C2(CCCC2)NC(=O)[C@@H]2CCCN2C(=O)[C@H](CCC2CCC(C(F)(F)F)C(Cl)C2)NC(=O)CN(C)C(=O)[C@H](CC2CCCCC2)N(C)C(=O)CN(C)C(=O)CN(C)C1=O. The highest BCUT2D eigenvalue weighted by molar-refractivity contribution is 6.21. The van der Waals surface area contributed by atoms with E-state index in [1.807, 2.05) is 6.92 Å². The third-order valence-corrected chi connectivity index (χ3v) is 23.4. The molecule has 4 saturated carbocycles. The van der Waals surface area contributed by atoms with Gasteiger partial charge in [-0.2, -0.15) is 13.2 Å². The van der Waals surface area contributed by atoms with Crippen molar-refractivity contribution in [3.8, 4) is 0 Å². The average Bonchev–Trinajstić information content (AvgIpc) is 1.49. The van der Waals surface area contributed by atoms with Crippen LogP contribution >= 0.6 is 11.6 Å². The Morgan fingerprint density at radius 3 is 1.79 bits per heavy atom. The summed E-state index contributed by atoms with van der Waals surface area (Å²) < 4.78 is 42.0. The molecule has 3 aliphatic heterocycles. The Labute approximate surface area is 582 Å². The first-order valence-corrected chi connectivity index (χ1v) is 36.8. The number of likely N-dealkylation sites (N-methyl/N-ethyl adjacent to an activating group) is 7. The molecule has 3 unspecified atom stereocenters. The van der Waals surface area contributed by atoms with Gasteiger partial charge in [0, 0.05) is 74.3 Å². The first-order valence-electron chi connectivity index (χ1n) is 36.3. The van der Waals surface area contributed by atoms with Crippen molar-refractivity contribution in [3.05, 3.63) is 0 Å². The van der Waals surface area contributed by atoms with Crippen LogP contribution in [0.3, 0.4) is 0 Å². The first-order chi connectivity index (χ1) is 46.3. The molecule has 7 rings (SSSR count). The lowest BCUT2D eigenvalue weighted by Crippen LogP contribution is -2.65. The van der Waals surface area contributed by atoms with Crippen LogP contribution in [0.25, 0.3) is 0 Å². The average molecular weight is 1410 g/mol. The van der Waals surface area contributed by atoms with Crippen molar-refractivity contribution in [2.24, 2.45) is 29.6 Å². The van der Waals surface area contributed by atoms with Gasteiger partial charge in [-0.3, -0.25) is 57.5 Å². The fourth-order valence-corrected chi connectivity index (χ4v) is 16.9. The number of likely N-dealkylation sites (tertiary alicyclic amines) is 1. The Hall–Kier alpha value is -6.28. The number of alkyl halides is 4. The van der Waals surface area contributed by atoms with Crippen LogP contribution in [-0.2, 0) is 57.5 Å². The second kappa shape index (κ2) is 35.4. The maximum absolute atomic E-state index is 15.7. The number of hydrogen-bond donors (Lipinski definition) is 3. The fraction of sp³-hybridized carbons (Fsp3) is 0.829. The van der Waals surface area contributed by atoms with Crippen molar-refractivity contribution in [1.29, 1.82) is 0 Å². The van der Waals surface area contributed by atoms with Crippen LogP contribution in [0.5, 0.6) is 0 Å². The molecule has 7 aliphatic rings. The van der Waals surface area contributed by atoms with Crippen LogP contribution in [0.4, 0.5) is 13.2 Å². The molecule has 28 heteroatoms. The van der Waals surface area contributed by atoms with Gasteiger partial charge in [0.1, 0.15) is 47.8 Å². The molecule has 552 valence electrons. The molecule has 0 aromatic carbocycles. The number of nitrogens with zero attached hydrogens (tertiary/aromatic N) is 9. The third kappa shape index (κ3) is 19.4. The summed E-state index contributed by atoms with van der Waals surface area (Å²) in [7, 11) is 10.0. The molecule has 0 radical (unpaired) electrons. The number of amides is 12. The minimum atomic E-state index is -4.50. The highest BCUT2D eigenvalue weighted by atomic mass is 35.5.